The zero-order chi connectivity index (χ0) is 13.1. The van der Waals surface area contributed by atoms with Crippen LogP contribution >= 0.6 is 11.6 Å². The van der Waals surface area contributed by atoms with Gasteiger partial charge in [-0.2, -0.15) is 0 Å². The van der Waals surface area contributed by atoms with Gasteiger partial charge in [-0.25, -0.2) is 4.39 Å². The highest BCUT2D eigenvalue weighted by Crippen LogP contribution is 2.20. The molecule has 0 bridgehead atoms. The van der Waals surface area contributed by atoms with E-state index in [2.05, 4.69) is 10.6 Å². The first kappa shape index (κ1) is 13.9. The van der Waals surface area contributed by atoms with Crippen molar-refractivity contribution in [3.8, 4) is 0 Å². The van der Waals surface area contributed by atoms with E-state index < -0.39 is 11.4 Å². The minimum absolute atomic E-state index is 0.0101. The predicted molar refractivity (Wildman–Crippen MR) is 67.8 cm³/mol. The number of halogens is 2. The molecule has 5 heteroatoms. The van der Waals surface area contributed by atoms with Gasteiger partial charge in [0.2, 0.25) is 5.91 Å². The molecular weight excluding hydrogens is 243 g/mol. The summed E-state index contributed by atoms with van der Waals surface area (Å²) in [5.41, 5.74) is -0.206. The van der Waals surface area contributed by atoms with Crippen LogP contribution in [0.3, 0.4) is 0 Å². The average molecular weight is 259 g/mol. The third-order valence-corrected chi connectivity index (χ3v) is 2.65. The fraction of sp³-hybridized carbons (Fsp3) is 0.417. The van der Waals surface area contributed by atoms with Gasteiger partial charge in [0.15, 0.2) is 0 Å². The number of hydrogen-bond acceptors (Lipinski definition) is 2. The summed E-state index contributed by atoms with van der Waals surface area (Å²) in [6.45, 7) is 6.16. The number of rotatable bonds is 4. The lowest BCUT2D eigenvalue weighted by Gasteiger charge is -2.24. The highest BCUT2D eigenvalue weighted by Gasteiger charge is 2.26. The molecule has 0 aromatic heterocycles. The largest absolute Gasteiger partial charge is 0.324 e. The lowest BCUT2D eigenvalue weighted by molar-refractivity contribution is -0.121. The number of hydrogen-bond donors (Lipinski definition) is 2. The van der Waals surface area contributed by atoms with Crippen LogP contribution in [0.15, 0.2) is 18.2 Å². The van der Waals surface area contributed by atoms with E-state index in [0.717, 1.165) is 0 Å². The Morgan fingerprint density at radius 2 is 2.12 bits per heavy atom. The quantitative estimate of drug-likeness (QED) is 0.872. The Morgan fingerprint density at radius 3 is 2.65 bits per heavy atom. The molecule has 0 saturated carbocycles. The molecule has 1 aromatic carbocycles. The monoisotopic (exact) mass is 258 g/mol. The molecule has 1 amide bonds. The maximum Gasteiger partial charge on any atom is 0.244 e. The normalized spacial score (nSPS) is 11.4. The van der Waals surface area contributed by atoms with Gasteiger partial charge in [-0.3, -0.25) is 4.79 Å². The second-order valence-corrected chi connectivity index (χ2v) is 4.65. The van der Waals surface area contributed by atoms with Gasteiger partial charge in [-0.1, -0.05) is 18.5 Å². The Morgan fingerprint density at radius 1 is 1.47 bits per heavy atom. The summed E-state index contributed by atoms with van der Waals surface area (Å²) in [4.78, 5) is 11.9. The van der Waals surface area contributed by atoms with E-state index in [0.29, 0.717) is 12.2 Å². The third-order valence-electron chi connectivity index (χ3n) is 2.36. The number of amides is 1. The maximum atomic E-state index is 12.9. The van der Waals surface area contributed by atoms with Gasteiger partial charge in [0.25, 0.3) is 0 Å². The molecule has 0 heterocycles. The van der Waals surface area contributed by atoms with Crippen molar-refractivity contribution in [1.82, 2.24) is 5.32 Å². The molecule has 0 atom stereocenters. The standard InChI is InChI=1S/C12H16ClFN2O/c1-4-15-12(2,3)11(17)16-8-5-6-10(14)9(13)7-8/h5-7,15H,4H2,1-3H3,(H,16,17). The zero-order valence-electron chi connectivity index (χ0n) is 10.1. The van der Waals surface area contributed by atoms with E-state index >= 15 is 0 Å². The van der Waals surface area contributed by atoms with Crippen LogP contribution in [0, 0.1) is 5.82 Å². The molecule has 0 unspecified atom stereocenters. The van der Waals surface area contributed by atoms with Gasteiger partial charge in [-0.15, -0.1) is 0 Å². The number of carbonyl (C=O) groups excluding carboxylic acids is 1. The van der Waals surface area contributed by atoms with Crippen molar-refractivity contribution in [3.63, 3.8) is 0 Å². The van der Waals surface area contributed by atoms with Gasteiger partial charge in [0.05, 0.1) is 10.6 Å². The van der Waals surface area contributed by atoms with Crippen molar-refractivity contribution in [3.05, 3.63) is 29.0 Å². The number of anilines is 1. The van der Waals surface area contributed by atoms with Crippen LogP contribution < -0.4 is 10.6 Å². The molecule has 2 N–H and O–H groups in total. The highest BCUT2D eigenvalue weighted by molar-refractivity contribution is 6.31. The lowest BCUT2D eigenvalue weighted by atomic mass is 10.0. The SMILES string of the molecule is CCNC(C)(C)C(=O)Nc1ccc(F)c(Cl)c1. The number of nitrogens with one attached hydrogen (secondary N) is 2. The van der Waals surface area contributed by atoms with Gasteiger partial charge in [0.1, 0.15) is 5.82 Å². The van der Waals surface area contributed by atoms with Crippen LogP contribution in [0.1, 0.15) is 20.8 Å². The van der Waals surface area contributed by atoms with Gasteiger partial charge >= 0.3 is 0 Å². The molecule has 0 aliphatic heterocycles. The minimum Gasteiger partial charge on any atom is -0.324 e. The summed E-state index contributed by atoms with van der Waals surface area (Å²) in [6, 6.07) is 4.08. The van der Waals surface area contributed by atoms with Crippen LogP contribution in [0.4, 0.5) is 10.1 Å². The molecule has 3 nitrogen and oxygen atoms in total. The summed E-state index contributed by atoms with van der Waals surface area (Å²) >= 11 is 5.63. The Bertz CT molecular complexity index is 421. The van der Waals surface area contributed by atoms with E-state index in [1.807, 2.05) is 6.92 Å². The molecule has 1 rings (SSSR count). The third kappa shape index (κ3) is 3.68. The Balaban J connectivity index is 2.77. The number of benzene rings is 1. The van der Waals surface area contributed by atoms with E-state index in [-0.39, 0.29) is 10.9 Å². The Labute approximate surface area is 105 Å². The fourth-order valence-corrected chi connectivity index (χ4v) is 1.56. The topological polar surface area (TPSA) is 41.1 Å². The van der Waals surface area contributed by atoms with Crippen LogP contribution in [0.5, 0.6) is 0 Å². The lowest BCUT2D eigenvalue weighted by Crippen LogP contribution is -2.49. The van der Waals surface area contributed by atoms with E-state index in [9.17, 15) is 9.18 Å². The van der Waals surface area contributed by atoms with Crippen molar-refractivity contribution in [1.29, 1.82) is 0 Å². The van der Waals surface area contributed by atoms with Crippen LogP contribution in [0.25, 0.3) is 0 Å². The van der Waals surface area contributed by atoms with Crippen molar-refractivity contribution in [2.45, 2.75) is 26.3 Å². The van der Waals surface area contributed by atoms with Crippen molar-refractivity contribution >= 4 is 23.2 Å². The first-order chi connectivity index (χ1) is 7.86. The van der Waals surface area contributed by atoms with Gasteiger partial charge in [0, 0.05) is 5.69 Å². The Hall–Kier alpha value is -1.13. The smallest absolute Gasteiger partial charge is 0.244 e. The van der Waals surface area contributed by atoms with Crippen molar-refractivity contribution < 1.29 is 9.18 Å². The number of likely N-dealkylation sites (N-methyl/N-ethyl adjacent to an activating group) is 1. The summed E-state index contributed by atoms with van der Waals surface area (Å²) < 4.78 is 12.9. The summed E-state index contributed by atoms with van der Waals surface area (Å²) in [7, 11) is 0. The molecule has 0 spiro atoms. The van der Waals surface area contributed by atoms with E-state index in [4.69, 9.17) is 11.6 Å². The molecule has 94 valence electrons. The fourth-order valence-electron chi connectivity index (χ4n) is 1.38. The molecular formula is C12H16ClFN2O. The van der Waals surface area contributed by atoms with Gasteiger partial charge < -0.3 is 10.6 Å². The first-order valence-electron chi connectivity index (χ1n) is 5.38. The van der Waals surface area contributed by atoms with Gasteiger partial charge in [-0.05, 0) is 38.6 Å². The molecule has 0 saturated heterocycles. The van der Waals surface area contributed by atoms with Crippen molar-refractivity contribution in [2.75, 3.05) is 11.9 Å². The average Bonchev–Trinajstić information content (AvgIpc) is 2.23. The number of carbonyl (C=O) groups is 1. The second-order valence-electron chi connectivity index (χ2n) is 4.24. The van der Waals surface area contributed by atoms with Crippen molar-refractivity contribution in [2.24, 2.45) is 0 Å². The zero-order valence-corrected chi connectivity index (χ0v) is 10.9. The Kier molecular flexibility index (Phi) is 4.48. The molecule has 17 heavy (non-hydrogen) atoms. The van der Waals surface area contributed by atoms with Crippen LogP contribution in [-0.4, -0.2) is 18.0 Å². The minimum atomic E-state index is -0.685. The summed E-state index contributed by atoms with van der Waals surface area (Å²) in [5, 5.41) is 5.72. The van der Waals surface area contributed by atoms with Crippen LogP contribution in [0.2, 0.25) is 5.02 Å². The molecule has 0 aliphatic carbocycles. The summed E-state index contributed by atoms with van der Waals surface area (Å²) in [6.07, 6.45) is 0. The molecule has 0 aliphatic rings. The maximum absolute atomic E-state index is 12.9. The first-order valence-corrected chi connectivity index (χ1v) is 5.76. The summed E-state index contributed by atoms with van der Waals surface area (Å²) in [5.74, 6) is -0.697. The highest BCUT2D eigenvalue weighted by atomic mass is 35.5. The predicted octanol–water partition coefficient (Wildman–Crippen LogP) is 2.81. The van der Waals surface area contributed by atoms with Crippen LogP contribution in [-0.2, 0) is 4.79 Å². The van der Waals surface area contributed by atoms with E-state index in [1.54, 1.807) is 13.8 Å². The second kappa shape index (κ2) is 5.47. The molecule has 1 aromatic rings. The van der Waals surface area contributed by atoms with E-state index in [1.165, 1.54) is 18.2 Å². The molecule has 0 radical (unpaired) electrons. The molecule has 0 fully saturated rings.